The van der Waals surface area contributed by atoms with Crippen LogP contribution in [0.4, 0.5) is 0 Å². The van der Waals surface area contributed by atoms with Gasteiger partial charge in [-0.25, -0.2) is 0 Å². The first kappa shape index (κ1) is 18.9. The van der Waals surface area contributed by atoms with Crippen LogP contribution in [0.5, 0.6) is 0 Å². The molecule has 5 heteroatoms. The van der Waals surface area contributed by atoms with Crippen LogP contribution in [0.2, 0.25) is 0 Å². The third kappa shape index (κ3) is 4.26. The second-order valence-corrected chi connectivity index (χ2v) is 7.94. The van der Waals surface area contributed by atoms with Crippen molar-refractivity contribution in [2.75, 3.05) is 27.2 Å². The lowest BCUT2D eigenvalue weighted by atomic mass is 9.96. The van der Waals surface area contributed by atoms with Crippen molar-refractivity contribution < 1.29 is 9.59 Å². The average Bonchev–Trinajstić information content (AvgIpc) is 2.97. The quantitative estimate of drug-likeness (QED) is 0.831. The van der Waals surface area contributed by atoms with Gasteiger partial charge in [-0.2, -0.15) is 0 Å². The molecule has 0 unspecified atom stereocenters. The number of hydrogen-bond acceptors (Lipinski definition) is 3. The van der Waals surface area contributed by atoms with E-state index in [1.54, 1.807) is 4.90 Å². The molecular weight excluding hydrogens is 326 g/mol. The summed E-state index contributed by atoms with van der Waals surface area (Å²) in [5.74, 6) is 0.409. The molecule has 2 atom stereocenters. The molecule has 0 bridgehead atoms. The number of amides is 2. The highest BCUT2D eigenvalue weighted by molar-refractivity contribution is 5.78. The first-order chi connectivity index (χ1) is 12.5. The van der Waals surface area contributed by atoms with Crippen molar-refractivity contribution in [3.8, 4) is 0 Å². The van der Waals surface area contributed by atoms with Crippen LogP contribution in [0.1, 0.15) is 43.2 Å². The molecular formula is C21H31N3O2. The van der Waals surface area contributed by atoms with Gasteiger partial charge in [0.15, 0.2) is 0 Å². The molecule has 2 amide bonds. The molecule has 1 aromatic rings. The van der Waals surface area contributed by atoms with E-state index in [1.807, 2.05) is 14.1 Å². The van der Waals surface area contributed by atoms with Gasteiger partial charge in [-0.05, 0) is 31.7 Å². The van der Waals surface area contributed by atoms with Crippen molar-refractivity contribution in [3.05, 3.63) is 35.4 Å². The summed E-state index contributed by atoms with van der Waals surface area (Å²) in [6, 6.07) is 8.95. The lowest BCUT2D eigenvalue weighted by molar-refractivity contribution is -0.136. The van der Waals surface area contributed by atoms with Crippen molar-refractivity contribution in [2.45, 2.75) is 57.7 Å². The van der Waals surface area contributed by atoms with Gasteiger partial charge in [0.1, 0.15) is 0 Å². The van der Waals surface area contributed by atoms with Crippen LogP contribution < -0.4 is 0 Å². The Balaban J connectivity index is 1.79. The van der Waals surface area contributed by atoms with Gasteiger partial charge < -0.3 is 9.80 Å². The summed E-state index contributed by atoms with van der Waals surface area (Å²) in [5.41, 5.74) is 2.42. The predicted octanol–water partition coefficient (Wildman–Crippen LogP) is 2.43. The molecule has 0 radical (unpaired) electrons. The van der Waals surface area contributed by atoms with E-state index < -0.39 is 0 Å². The van der Waals surface area contributed by atoms with E-state index in [0.717, 1.165) is 32.2 Å². The minimum atomic E-state index is 0.143. The number of carbonyl (C=O) groups excluding carboxylic acids is 2. The summed E-state index contributed by atoms with van der Waals surface area (Å²) in [5, 5.41) is 0. The first-order valence-corrected chi connectivity index (χ1v) is 9.75. The number of likely N-dealkylation sites (tertiary alicyclic amines) is 2. The van der Waals surface area contributed by atoms with Crippen molar-refractivity contribution in [3.63, 3.8) is 0 Å². The molecule has 2 fully saturated rings. The number of hydrogen-bond donors (Lipinski definition) is 0. The van der Waals surface area contributed by atoms with E-state index in [0.29, 0.717) is 25.6 Å². The zero-order chi connectivity index (χ0) is 18.7. The molecule has 2 aliphatic rings. The van der Waals surface area contributed by atoms with Crippen LogP contribution in [-0.2, 0) is 16.1 Å². The van der Waals surface area contributed by atoms with Crippen molar-refractivity contribution >= 4 is 11.8 Å². The third-order valence-electron chi connectivity index (χ3n) is 5.76. The van der Waals surface area contributed by atoms with Gasteiger partial charge in [-0.15, -0.1) is 0 Å². The summed E-state index contributed by atoms with van der Waals surface area (Å²) in [4.78, 5) is 31.1. The highest BCUT2D eigenvalue weighted by Crippen LogP contribution is 2.31. The second kappa shape index (κ2) is 8.21. The van der Waals surface area contributed by atoms with Gasteiger partial charge >= 0.3 is 0 Å². The molecule has 1 aromatic carbocycles. The number of nitrogens with zero attached hydrogens (tertiary/aromatic N) is 3. The highest BCUT2D eigenvalue weighted by Gasteiger charge is 2.40. The Hall–Kier alpha value is -1.88. The van der Waals surface area contributed by atoms with E-state index in [4.69, 9.17) is 0 Å². The lowest BCUT2D eigenvalue weighted by Crippen LogP contribution is -2.50. The molecule has 2 aliphatic heterocycles. The number of likely N-dealkylation sites (N-methyl/N-ethyl adjacent to an activating group) is 1. The number of rotatable bonds is 4. The monoisotopic (exact) mass is 357 g/mol. The maximum Gasteiger partial charge on any atom is 0.236 e. The molecule has 0 saturated carbocycles. The number of benzene rings is 1. The summed E-state index contributed by atoms with van der Waals surface area (Å²) in [7, 11) is 3.61. The molecule has 2 saturated heterocycles. The standard InChI is InChI=1S/C21H31N3O2/c1-16-7-6-8-17(13-16)14-24-19-11-12-23(15-21(26)22(2)3)18(19)9-4-5-10-20(24)25/h6-8,13,18-19H,4-5,9-12,14-15H2,1-3H3/t18-,19+/m0/s1. The fourth-order valence-corrected chi connectivity index (χ4v) is 4.32. The maximum atomic E-state index is 12.9. The molecule has 0 spiro atoms. The third-order valence-corrected chi connectivity index (χ3v) is 5.76. The van der Waals surface area contributed by atoms with Crippen LogP contribution in [0.25, 0.3) is 0 Å². The number of carbonyl (C=O) groups is 2. The molecule has 0 aliphatic carbocycles. The molecule has 142 valence electrons. The van der Waals surface area contributed by atoms with Crippen LogP contribution in [0.15, 0.2) is 24.3 Å². The molecule has 5 nitrogen and oxygen atoms in total. The Labute approximate surface area is 156 Å². The second-order valence-electron chi connectivity index (χ2n) is 7.94. The van der Waals surface area contributed by atoms with Gasteiger partial charge in [0.25, 0.3) is 0 Å². The topological polar surface area (TPSA) is 43.9 Å². The Kier molecular flexibility index (Phi) is 5.97. The lowest BCUT2D eigenvalue weighted by Gasteiger charge is -2.37. The zero-order valence-corrected chi connectivity index (χ0v) is 16.3. The van der Waals surface area contributed by atoms with E-state index in [-0.39, 0.29) is 17.9 Å². The minimum absolute atomic E-state index is 0.143. The molecule has 26 heavy (non-hydrogen) atoms. The normalized spacial score (nSPS) is 24.1. The predicted molar refractivity (Wildman–Crippen MR) is 103 cm³/mol. The fourth-order valence-electron chi connectivity index (χ4n) is 4.32. The van der Waals surface area contributed by atoms with E-state index >= 15 is 0 Å². The van der Waals surface area contributed by atoms with E-state index in [1.165, 1.54) is 11.1 Å². The Morgan fingerprint density at radius 3 is 2.73 bits per heavy atom. The Morgan fingerprint density at radius 1 is 1.19 bits per heavy atom. The fraction of sp³-hybridized carbons (Fsp3) is 0.619. The molecule has 2 heterocycles. The summed E-state index contributed by atoms with van der Waals surface area (Å²) in [6.07, 6.45) is 4.69. The summed E-state index contributed by atoms with van der Waals surface area (Å²) in [6.45, 7) is 4.12. The van der Waals surface area contributed by atoms with Gasteiger partial charge in [-0.1, -0.05) is 36.2 Å². The van der Waals surface area contributed by atoms with E-state index in [9.17, 15) is 9.59 Å². The van der Waals surface area contributed by atoms with Gasteiger partial charge in [0.05, 0.1) is 6.54 Å². The van der Waals surface area contributed by atoms with Crippen molar-refractivity contribution in [2.24, 2.45) is 0 Å². The van der Waals surface area contributed by atoms with Crippen LogP contribution >= 0.6 is 0 Å². The Morgan fingerprint density at radius 2 is 2.00 bits per heavy atom. The minimum Gasteiger partial charge on any atom is -0.348 e. The SMILES string of the molecule is Cc1cccc(CN2C(=O)CCCC[C@H]3[C@H]2CCN3CC(=O)N(C)C)c1. The van der Waals surface area contributed by atoms with Gasteiger partial charge in [0.2, 0.25) is 11.8 Å². The van der Waals surface area contributed by atoms with Crippen LogP contribution in [0, 0.1) is 6.92 Å². The maximum absolute atomic E-state index is 12.9. The Bertz CT molecular complexity index is 658. The average molecular weight is 357 g/mol. The largest absolute Gasteiger partial charge is 0.348 e. The molecule has 3 rings (SSSR count). The summed E-state index contributed by atoms with van der Waals surface area (Å²) < 4.78 is 0. The van der Waals surface area contributed by atoms with Crippen molar-refractivity contribution in [1.82, 2.24) is 14.7 Å². The highest BCUT2D eigenvalue weighted by atomic mass is 16.2. The molecule has 0 N–H and O–H groups in total. The van der Waals surface area contributed by atoms with Crippen LogP contribution in [0.3, 0.4) is 0 Å². The van der Waals surface area contributed by atoms with E-state index in [2.05, 4.69) is 41.0 Å². The molecule has 0 aromatic heterocycles. The number of fused-ring (bicyclic) bond motifs is 1. The smallest absolute Gasteiger partial charge is 0.236 e. The zero-order valence-electron chi connectivity index (χ0n) is 16.3. The first-order valence-electron chi connectivity index (χ1n) is 9.75. The van der Waals surface area contributed by atoms with Gasteiger partial charge in [-0.3, -0.25) is 14.5 Å². The van der Waals surface area contributed by atoms with Gasteiger partial charge in [0, 0.05) is 45.7 Å². The van der Waals surface area contributed by atoms with Crippen molar-refractivity contribution in [1.29, 1.82) is 0 Å². The van der Waals surface area contributed by atoms with Crippen LogP contribution in [-0.4, -0.2) is 65.8 Å². The summed E-state index contributed by atoms with van der Waals surface area (Å²) >= 11 is 0. The number of aryl methyl sites for hydroxylation is 1.